The first-order valence-corrected chi connectivity index (χ1v) is 6.81. The van der Waals surface area contributed by atoms with Crippen molar-refractivity contribution in [1.82, 2.24) is 4.90 Å². The Labute approximate surface area is 104 Å². The van der Waals surface area contributed by atoms with Crippen LogP contribution in [0.4, 0.5) is 0 Å². The lowest BCUT2D eigenvalue weighted by molar-refractivity contribution is -0.133. The van der Waals surface area contributed by atoms with Gasteiger partial charge in [0.1, 0.15) is 0 Å². The maximum Gasteiger partial charge on any atom is 0.0831 e. The molecule has 17 heavy (non-hydrogen) atoms. The number of rotatable bonds is 4. The molecule has 0 aliphatic carbocycles. The van der Waals surface area contributed by atoms with Gasteiger partial charge in [-0.15, -0.1) is 0 Å². The Hall–Kier alpha value is -0.160. The van der Waals surface area contributed by atoms with E-state index in [0.717, 1.165) is 32.7 Å². The Bertz CT molecular complexity index is 240. The van der Waals surface area contributed by atoms with E-state index in [1.165, 1.54) is 12.8 Å². The molecule has 4 nitrogen and oxygen atoms in total. The molecular weight excluding hydrogens is 216 g/mol. The van der Waals surface area contributed by atoms with E-state index in [0.29, 0.717) is 12.6 Å². The summed E-state index contributed by atoms with van der Waals surface area (Å²) in [6.07, 6.45) is 4.27. The first-order valence-electron chi connectivity index (χ1n) is 6.81. The van der Waals surface area contributed by atoms with E-state index in [1.807, 2.05) is 0 Å². The first-order chi connectivity index (χ1) is 8.09. The molecule has 0 aromatic carbocycles. The van der Waals surface area contributed by atoms with Crippen LogP contribution in [0.2, 0.25) is 0 Å². The molecule has 0 bridgehead atoms. The van der Waals surface area contributed by atoms with Crippen molar-refractivity contribution in [3.8, 4) is 0 Å². The number of ether oxygens (including phenoxy) is 2. The third-order valence-corrected chi connectivity index (χ3v) is 3.61. The lowest BCUT2D eigenvalue weighted by Crippen LogP contribution is -2.55. The Morgan fingerprint density at radius 3 is 2.82 bits per heavy atom. The van der Waals surface area contributed by atoms with E-state index in [1.54, 1.807) is 0 Å². The van der Waals surface area contributed by atoms with E-state index in [4.69, 9.17) is 15.2 Å². The zero-order valence-electron chi connectivity index (χ0n) is 11.2. The monoisotopic (exact) mass is 242 g/mol. The number of hydrogen-bond donors (Lipinski definition) is 1. The van der Waals surface area contributed by atoms with Gasteiger partial charge in [0.15, 0.2) is 0 Å². The van der Waals surface area contributed by atoms with Crippen molar-refractivity contribution in [2.75, 3.05) is 32.8 Å². The van der Waals surface area contributed by atoms with Gasteiger partial charge in [0.25, 0.3) is 0 Å². The van der Waals surface area contributed by atoms with Gasteiger partial charge in [-0.05, 0) is 33.1 Å². The largest absolute Gasteiger partial charge is 0.378 e. The van der Waals surface area contributed by atoms with E-state index in [2.05, 4.69) is 18.7 Å². The molecule has 2 aliphatic heterocycles. The second kappa shape index (κ2) is 5.65. The van der Waals surface area contributed by atoms with Crippen LogP contribution in [0.5, 0.6) is 0 Å². The summed E-state index contributed by atoms with van der Waals surface area (Å²) < 4.78 is 11.6. The minimum atomic E-state index is -0.0706. The Morgan fingerprint density at radius 1 is 1.35 bits per heavy atom. The van der Waals surface area contributed by atoms with Crippen molar-refractivity contribution in [3.05, 3.63) is 0 Å². The van der Waals surface area contributed by atoms with Crippen molar-refractivity contribution in [2.24, 2.45) is 5.73 Å². The molecule has 0 saturated carbocycles. The molecule has 0 aromatic heterocycles. The van der Waals surface area contributed by atoms with Gasteiger partial charge in [-0.1, -0.05) is 0 Å². The number of hydrogen-bond acceptors (Lipinski definition) is 4. The van der Waals surface area contributed by atoms with E-state index >= 15 is 0 Å². The highest BCUT2D eigenvalue weighted by atomic mass is 16.5. The molecule has 2 heterocycles. The normalized spacial score (nSPS) is 34.1. The third kappa shape index (κ3) is 3.91. The maximum absolute atomic E-state index is 5.93. The number of nitrogens with two attached hydrogens (primary N) is 1. The zero-order valence-corrected chi connectivity index (χ0v) is 11.2. The molecule has 2 unspecified atom stereocenters. The van der Waals surface area contributed by atoms with Crippen molar-refractivity contribution >= 4 is 0 Å². The second-order valence-electron chi connectivity index (χ2n) is 5.89. The summed E-state index contributed by atoms with van der Waals surface area (Å²) in [6, 6.07) is 0. The Balaban J connectivity index is 1.78. The molecule has 4 heteroatoms. The Morgan fingerprint density at radius 2 is 2.18 bits per heavy atom. The third-order valence-electron chi connectivity index (χ3n) is 3.61. The van der Waals surface area contributed by atoms with Crippen LogP contribution in [-0.2, 0) is 9.47 Å². The first kappa shape index (κ1) is 13.3. The molecule has 2 saturated heterocycles. The van der Waals surface area contributed by atoms with Crippen molar-refractivity contribution in [2.45, 2.75) is 50.9 Å². The van der Waals surface area contributed by atoms with Gasteiger partial charge in [-0.25, -0.2) is 0 Å². The summed E-state index contributed by atoms with van der Waals surface area (Å²) in [6.45, 7) is 8.92. The quantitative estimate of drug-likeness (QED) is 0.799. The SMILES string of the molecule is CC1(C)CN(CCC2CCCO2)CC(CN)O1. The smallest absolute Gasteiger partial charge is 0.0831 e. The minimum absolute atomic E-state index is 0.0706. The van der Waals surface area contributed by atoms with Crippen LogP contribution in [0, 0.1) is 0 Å². The zero-order chi connectivity index (χ0) is 12.3. The van der Waals surface area contributed by atoms with Gasteiger partial charge in [-0.3, -0.25) is 4.90 Å². The van der Waals surface area contributed by atoms with Crippen LogP contribution >= 0.6 is 0 Å². The highest BCUT2D eigenvalue weighted by Gasteiger charge is 2.32. The maximum atomic E-state index is 5.93. The van der Waals surface area contributed by atoms with Crippen LogP contribution < -0.4 is 5.73 Å². The second-order valence-corrected chi connectivity index (χ2v) is 5.89. The molecule has 2 fully saturated rings. The predicted octanol–water partition coefficient (Wildman–Crippen LogP) is 0.994. The molecule has 2 rings (SSSR count). The van der Waals surface area contributed by atoms with Gasteiger partial charge >= 0.3 is 0 Å². The average molecular weight is 242 g/mol. The molecule has 0 aromatic rings. The average Bonchev–Trinajstić information content (AvgIpc) is 2.77. The van der Waals surface area contributed by atoms with Crippen molar-refractivity contribution in [3.63, 3.8) is 0 Å². The molecule has 0 radical (unpaired) electrons. The van der Waals surface area contributed by atoms with E-state index < -0.39 is 0 Å². The van der Waals surface area contributed by atoms with Crippen LogP contribution in [0.15, 0.2) is 0 Å². The highest BCUT2D eigenvalue weighted by Crippen LogP contribution is 2.22. The van der Waals surface area contributed by atoms with E-state index in [9.17, 15) is 0 Å². The summed E-state index contributed by atoms with van der Waals surface area (Å²) >= 11 is 0. The molecule has 2 aliphatic rings. The lowest BCUT2D eigenvalue weighted by Gasteiger charge is -2.42. The standard InChI is InChI=1S/C13H26N2O2/c1-13(2)10-15(9-12(8-14)17-13)6-5-11-4-3-7-16-11/h11-12H,3-10,14H2,1-2H3. The van der Waals surface area contributed by atoms with Gasteiger partial charge in [0.05, 0.1) is 17.8 Å². The molecule has 2 atom stereocenters. The molecule has 0 amide bonds. The van der Waals surface area contributed by atoms with Crippen LogP contribution in [0.3, 0.4) is 0 Å². The molecule has 2 N–H and O–H groups in total. The molecule has 100 valence electrons. The van der Waals surface area contributed by atoms with Crippen LogP contribution in [0.1, 0.15) is 33.1 Å². The van der Waals surface area contributed by atoms with Gasteiger partial charge in [0, 0.05) is 32.8 Å². The van der Waals surface area contributed by atoms with Crippen LogP contribution in [0.25, 0.3) is 0 Å². The van der Waals surface area contributed by atoms with Gasteiger partial charge in [-0.2, -0.15) is 0 Å². The van der Waals surface area contributed by atoms with Crippen LogP contribution in [-0.4, -0.2) is 55.5 Å². The number of morpholine rings is 1. The summed E-state index contributed by atoms with van der Waals surface area (Å²) in [5, 5.41) is 0. The predicted molar refractivity (Wildman–Crippen MR) is 68.0 cm³/mol. The number of nitrogens with zero attached hydrogens (tertiary/aromatic N) is 1. The lowest BCUT2D eigenvalue weighted by atomic mass is 10.0. The fourth-order valence-electron chi connectivity index (χ4n) is 2.91. The Kier molecular flexibility index (Phi) is 4.42. The van der Waals surface area contributed by atoms with Gasteiger partial charge in [0.2, 0.25) is 0 Å². The fourth-order valence-corrected chi connectivity index (χ4v) is 2.91. The van der Waals surface area contributed by atoms with E-state index in [-0.39, 0.29) is 11.7 Å². The highest BCUT2D eigenvalue weighted by molar-refractivity contribution is 4.85. The fraction of sp³-hybridized carbons (Fsp3) is 1.00. The molecular formula is C13H26N2O2. The summed E-state index contributed by atoms with van der Waals surface area (Å²) in [5.41, 5.74) is 5.66. The summed E-state index contributed by atoms with van der Waals surface area (Å²) in [4.78, 5) is 2.47. The molecule has 0 spiro atoms. The summed E-state index contributed by atoms with van der Waals surface area (Å²) in [5.74, 6) is 0. The summed E-state index contributed by atoms with van der Waals surface area (Å²) in [7, 11) is 0. The topological polar surface area (TPSA) is 47.7 Å². The van der Waals surface area contributed by atoms with Gasteiger partial charge < -0.3 is 15.2 Å². The minimum Gasteiger partial charge on any atom is -0.378 e. The van der Waals surface area contributed by atoms with Crippen molar-refractivity contribution in [1.29, 1.82) is 0 Å². The van der Waals surface area contributed by atoms with Crippen molar-refractivity contribution < 1.29 is 9.47 Å².